The van der Waals surface area contributed by atoms with E-state index in [0.717, 1.165) is 0 Å². The zero-order valence-corrected chi connectivity index (χ0v) is 10.9. The fourth-order valence-electron chi connectivity index (χ4n) is 2.01. The lowest BCUT2D eigenvalue weighted by Gasteiger charge is -2.04. The van der Waals surface area contributed by atoms with Gasteiger partial charge in [-0.2, -0.15) is 0 Å². The van der Waals surface area contributed by atoms with E-state index in [1.54, 1.807) is 36.4 Å². The summed E-state index contributed by atoms with van der Waals surface area (Å²) in [5.41, 5.74) is 6.23. The van der Waals surface area contributed by atoms with E-state index < -0.39 is 5.91 Å². The van der Waals surface area contributed by atoms with Crippen molar-refractivity contribution in [2.24, 2.45) is 5.73 Å². The monoisotopic (exact) mass is 281 g/mol. The smallest absolute Gasteiger partial charge is 0.286 e. The highest BCUT2D eigenvalue weighted by Gasteiger charge is 2.21. The number of pyridine rings is 1. The minimum absolute atomic E-state index is 0.118. The number of anilines is 1. The third-order valence-corrected chi connectivity index (χ3v) is 2.96. The van der Waals surface area contributed by atoms with Crippen LogP contribution in [0.5, 0.6) is 0 Å². The standard InChI is InChI=1S/C15H11N3O3/c16-13(19)12-11(10-7-4-8-17-15(10)21-12)18-14(20)9-5-2-1-3-6-9/h1-8H,(H2,16,19)(H,18,20). The molecule has 3 N–H and O–H groups in total. The number of carbonyl (C=O) groups is 2. The average Bonchev–Trinajstić information content (AvgIpc) is 2.87. The molecule has 0 unspecified atom stereocenters. The molecule has 0 bridgehead atoms. The Balaban J connectivity index is 2.05. The number of nitrogens with two attached hydrogens (primary N) is 1. The van der Waals surface area contributed by atoms with Crippen molar-refractivity contribution in [3.05, 3.63) is 60.0 Å². The number of nitrogens with zero attached hydrogens (tertiary/aromatic N) is 1. The van der Waals surface area contributed by atoms with Crippen LogP contribution in [-0.2, 0) is 0 Å². The van der Waals surface area contributed by atoms with E-state index >= 15 is 0 Å². The van der Waals surface area contributed by atoms with E-state index in [1.165, 1.54) is 6.20 Å². The van der Waals surface area contributed by atoms with Crippen molar-refractivity contribution in [1.29, 1.82) is 0 Å². The molecule has 2 amide bonds. The molecule has 2 heterocycles. The molecular weight excluding hydrogens is 270 g/mol. The van der Waals surface area contributed by atoms with Crippen LogP contribution in [0.25, 0.3) is 11.1 Å². The first-order valence-electron chi connectivity index (χ1n) is 6.20. The molecule has 0 saturated carbocycles. The van der Waals surface area contributed by atoms with Crippen molar-refractivity contribution in [3.63, 3.8) is 0 Å². The van der Waals surface area contributed by atoms with Crippen LogP contribution in [0.2, 0.25) is 0 Å². The van der Waals surface area contributed by atoms with Gasteiger partial charge in [0.2, 0.25) is 11.5 Å². The van der Waals surface area contributed by atoms with Crippen LogP contribution >= 0.6 is 0 Å². The summed E-state index contributed by atoms with van der Waals surface area (Å²) < 4.78 is 5.30. The molecule has 104 valence electrons. The van der Waals surface area contributed by atoms with E-state index in [1.807, 2.05) is 6.07 Å². The van der Waals surface area contributed by atoms with Gasteiger partial charge in [0.25, 0.3) is 11.8 Å². The third-order valence-electron chi connectivity index (χ3n) is 2.96. The summed E-state index contributed by atoms with van der Waals surface area (Å²) in [6.45, 7) is 0. The van der Waals surface area contributed by atoms with E-state index in [2.05, 4.69) is 10.3 Å². The zero-order chi connectivity index (χ0) is 14.8. The van der Waals surface area contributed by atoms with Gasteiger partial charge in [0.05, 0.1) is 5.39 Å². The average molecular weight is 281 g/mol. The molecule has 0 atom stereocenters. The Kier molecular flexibility index (Phi) is 3.12. The molecule has 3 rings (SSSR count). The van der Waals surface area contributed by atoms with Crippen molar-refractivity contribution in [2.45, 2.75) is 0 Å². The Labute approximate surface area is 119 Å². The fourth-order valence-corrected chi connectivity index (χ4v) is 2.01. The molecule has 21 heavy (non-hydrogen) atoms. The second-order valence-electron chi connectivity index (χ2n) is 4.35. The van der Waals surface area contributed by atoms with Gasteiger partial charge in [-0.05, 0) is 24.3 Å². The van der Waals surface area contributed by atoms with E-state index in [9.17, 15) is 9.59 Å². The molecule has 0 spiro atoms. The number of hydrogen-bond acceptors (Lipinski definition) is 4. The second kappa shape index (κ2) is 5.09. The number of rotatable bonds is 3. The number of fused-ring (bicyclic) bond motifs is 1. The molecule has 2 aromatic heterocycles. The van der Waals surface area contributed by atoms with Crippen LogP contribution in [-0.4, -0.2) is 16.8 Å². The van der Waals surface area contributed by atoms with Gasteiger partial charge in [0, 0.05) is 11.8 Å². The number of benzene rings is 1. The number of amides is 2. The molecule has 1 aromatic carbocycles. The quantitative estimate of drug-likeness (QED) is 0.768. The summed E-state index contributed by atoms with van der Waals surface area (Å²) in [6, 6.07) is 12.0. The van der Waals surface area contributed by atoms with Gasteiger partial charge in [-0.3, -0.25) is 9.59 Å². The predicted octanol–water partition coefficient (Wildman–Crippen LogP) is 2.18. The molecule has 6 nitrogen and oxygen atoms in total. The first kappa shape index (κ1) is 12.9. The third kappa shape index (κ3) is 2.34. The van der Waals surface area contributed by atoms with Gasteiger partial charge >= 0.3 is 0 Å². The minimum atomic E-state index is -0.767. The number of primary amides is 1. The van der Waals surface area contributed by atoms with Crippen molar-refractivity contribution < 1.29 is 14.0 Å². The number of hydrogen-bond donors (Lipinski definition) is 2. The number of carbonyl (C=O) groups excluding carboxylic acids is 2. The number of aromatic nitrogens is 1. The SMILES string of the molecule is NC(=O)c1oc2ncccc2c1NC(=O)c1ccccc1. The number of nitrogens with one attached hydrogen (secondary N) is 1. The summed E-state index contributed by atoms with van der Waals surface area (Å²) in [5, 5.41) is 3.18. The maximum atomic E-state index is 12.2. The van der Waals surface area contributed by atoms with E-state index in [-0.39, 0.29) is 23.1 Å². The molecule has 0 aliphatic carbocycles. The topological polar surface area (TPSA) is 98.2 Å². The Hall–Kier alpha value is -3.15. The Morgan fingerprint density at radius 1 is 1.10 bits per heavy atom. The van der Waals surface area contributed by atoms with E-state index in [0.29, 0.717) is 10.9 Å². The Bertz CT molecular complexity index is 825. The molecule has 0 aliphatic heterocycles. The van der Waals surface area contributed by atoms with Crippen molar-refractivity contribution >= 4 is 28.6 Å². The minimum Gasteiger partial charge on any atom is -0.430 e. The van der Waals surface area contributed by atoms with Crippen LogP contribution in [0.1, 0.15) is 20.9 Å². The molecule has 6 heteroatoms. The van der Waals surface area contributed by atoms with Crippen LogP contribution < -0.4 is 11.1 Å². The predicted molar refractivity (Wildman–Crippen MR) is 76.9 cm³/mol. The summed E-state index contributed by atoms with van der Waals surface area (Å²) in [5.74, 6) is -1.24. The molecule has 0 fully saturated rings. The molecule has 0 saturated heterocycles. The zero-order valence-electron chi connectivity index (χ0n) is 10.9. The van der Waals surface area contributed by atoms with Crippen LogP contribution in [0.15, 0.2) is 53.1 Å². The van der Waals surface area contributed by atoms with Gasteiger partial charge in [0.1, 0.15) is 5.69 Å². The normalized spacial score (nSPS) is 10.5. The fraction of sp³-hybridized carbons (Fsp3) is 0. The summed E-state index contributed by atoms with van der Waals surface area (Å²) in [6.07, 6.45) is 1.53. The summed E-state index contributed by atoms with van der Waals surface area (Å²) in [7, 11) is 0. The van der Waals surface area contributed by atoms with Gasteiger partial charge in [-0.25, -0.2) is 4.98 Å². The Morgan fingerprint density at radius 3 is 2.57 bits per heavy atom. The molecule has 0 radical (unpaired) electrons. The van der Waals surface area contributed by atoms with Crippen molar-refractivity contribution in [2.75, 3.05) is 5.32 Å². The number of furan rings is 1. The first-order valence-corrected chi connectivity index (χ1v) is 6.20. The lowest BCUT2D eigenvalue weighted by Crippen LogP contribution is -2.17. The lowest BCUT2D eigenvalue weighted by molar-refractivity contribution is 0.0977. The Morgan fingerprint density at radius 2 is 1.86 bits per heavy atom. The van der Waals surface area contributed by atoms with Crippen LogP contribution in [0, 0.1) is 0 Å². The van der Waals surface area contributed by atoms with Gasteiger partial charge < -0.3 is 15.5 Å². The maximum Gasteiger partial charge on any atom is 0.286 e. The largest absolute Gasteiger partial charge is 0.430 e. The van der Waals surface area contributed by atoms with Gasteiger partial charge in [-0.15, -0.1) is 0 Å². The lowest BCUT2D eigenvalue weighted by atomic mass is 10.2. The highest BCUT2D eigenvalue weighted by Crippen LogP contribution is 2.29. The van der Waals surface area contributed by atoms with E-state index in [4.69, 9.17) is 10.2 Å². The van der Waals surface area contributed by atoms with Gasteiger partial charge in [-0.1, -0.05) is 18.2 Å². The summed E-state index contributed by atoms with van der Waals surface area (Å²) >= 11 is 0. The molecule has 3 aromatic rings. The van der Waals surface area contributed by atoms with Crippen molar-refractivity contribution in [1.82, 2.24) is 4.98 Å². The second-order valence-corrected chi connectivity index (χ2v) is 4.35. The maximum absolute atomic E-state index is 12.2. The molecular formula is C15H11N3O3. The molecule has 0 aliphatic rings. The van der Waals surface area contributed by atoms with Crippen LogP contribution in [0.3, 0.4) is 0 Å². The summed E-state index contributed by atoms with van der Waals surface area (Å²) in [4.78, 5) is 27.7. The highest BCUT2D eigenvalue weighted by atomic mass is 16.4. The van der Waals surface area contributed by atoms with Crippen molar-refractivity contribution in [3.8, 4) is 0 Å². The highest BCUT2D eigenvalue weighted by molar-refractivity contribution is 6.13. The first-order chi connectivity index (χ1) is 10.2. The van der Waals surface area contributed by atoms with Gasteiger partial charge in [0.15, 0.2) is 0 Å². The van der Waals surface area contributed by atoms with Crippen LogP contribution in [0.4, 0.5) is 5.69 Å².